The largest absolute Gasteiger partial charge is 0.480 e. The minimum atomic E-state index is -0.320. The van der Waals surface area contributed by atoms with E-state index in [9.17, 15) is 4.79 Å². The topological polar surface area (TPSA) is 32.8 Å². The maximum atomic E-state index is 12.6. The molecule has 0 saturated carbocycles. The Morgan fingerprint density at radius 3 is 2.62 bits per heavy atom. The van der Waals surface area contributed by atoms with Crippen LogP contribution in [0.3, 0.4) is 0 Å². The maximum Gasteiger partial charge on any atom is 0.264 e. The third-order valence-electron chi connectivity index (χ3n) is 4.23. The van der Waals surface area contributed by atoms with E-state index in [1.165, 1.54) is 0 Å². The molecule has 2 aliphatic rings. The summed E-state index contributed by atoms with van der Waals surface area (Å²) in [6.45, 7) is 9.19. The molecule has 0 spiro atoms. The van der Waals surface area contributed by atoms with Crippen LogP contribution in [-0.2, 0) is 11.2 Å². The molecule has 0 aromatic heterocycles. The highest BCUT2D eigenvalue weighted by Crippen LogP contribution is 2.29. The van der Waals surface area contributed by atoms with Crippen molar-refractivity contribution in [1.29, 1.82) is 0 Å². The van der Waals surface area contributed by atoms with Gasteiger partial charge in [0.2, 0.25) is 0 Å². The van der Waals surface area contributed by atoms with Crippen LogP contribution in [0.5, 0.6) is 5.75 Å². The van der Waals surface area contributed by atoms with Gasteiger partial charge in [-0.1, -0.05) is 32.0 Å². The standard InChI is InChI=1S/C17H24N2O2/c1-13(2)12-18-7-9-19(10-8-18)17(20)16-11-14-5-3-4-6-15(14)21-16/h3-6,13,16H,7-12H2,1-2H3. The van der Waals surface area contributed by atoms with Crippen LogP contribution >= 0.6 is 0 Å². The minimum absolute atomic E-state index is 0.149. The number of piperazine rings is 1. The number of para-hydroxylation sites is 1. The van der Waals surface area contributed by atoms with E-state index in [1.807, 2.05) is 29.2 Å². The van der Waals surface area contributed by atoms with Gasteiger partial charge in [0.1, 0.15) is 5.75 Å². The summed E-state index contributed by atoms with van der Waals surface area (Å²) in [5.41, 5.74) is 1.15. The number of rotatable bonds is 3. The van der Waals surface area contributed by atoms with Gasteiger partial charge in [0.05, 0.1) is 0 Å². The molecule has 4 heteroatoms. The van der Waals surface area contributed by atoms with Gasteiger partial charge in [-0.05, 0) is 17.5 Å². The van der Waals surface area contributed by atoms with Crippen molar-refractivity contribution in [2.24, 2.45) is 5.92 Å². The molecule has 1 saturated heterocycles. The molecule has 21 heavy (non-hydrogen) atoms. The summed E-state index contributed by atoms with van der Waals surface area (Å²) in [4.78, 5) is 17.0. The fourth-order valence-corrected chi connectivity index (χ4v) is 3.19. The van der Waals surface area contributed by atoms with Crippen molar-refractivity contribution >= 4 is 5.91 Å². The highest BCUT2D eigenvalue weighted by Gasteiger charge is 2.33. The Bertz CT molecular complexity index is 482. The van der Waals surface area contributed by atoms with Crippen molar-refractivity contribution in [3.8, 4) is 5.75 Å². The van der Waals surface area contributed by atoms with Gasteiger partial charge in [-0.2, -0.15) is 0 Å². The van der Waals surface area contributed by atoms with Crippen LogP contribution in [0.1, 0.15) is 19.4 Å². The fourth-order valence-electron chi connectivity index (χ4n) is 3.19. The molecule has 1 fully saturated rings. The summed E-state index contributed by atoms with van der Waals surface area (Å²) in [5.74, 6) is 1.70. The molecule has 1 unspecified atom stereocenters. The van der Waals surface area contributed by atoms with E-state index in [2.05, 4.69) is 18.7 Å². The highest BCUT2D eigenvalue weighted by molar-refractivity contribution is 5.82. The number of hydrogen-bond acceptors (Lipinski definition) is 3. The number of ether oxygens (including phenoxy) is 1. The first-order valence-corrected chi connectivity index (χ1v) is 7.89. The Morgan fingerprint density at radius 2 is 1.95 bits per heavy atom. The number of carbonyl (C=O) groups excluding carboxylic acids is 1. The zero-order chi connectivity index (χ0) is 14.8. The summed E-state index contributed by atoms with van der Waals surface area (Å²) >= 11 is 0. The number of carbonyl (C=O) groups is 1. The van der Waals surface area contributed by atoms with Crippen LogP contribution in [0.25, 0.3) is 0 Å². The third kappa shape index (κ3) is 3.21. The second-order valence-corrected chi connectivity index (χ2v) is 6.44. The maximum absolute atomic E-state index is 12.6. The minimum Gasteiger partial charge on any atom is -0.480 e. The van der Waals surface area contributed by atoms with Gasteiger partial charge in [0.25, 0.3) is 5.91 Å². The Morgan fingerprint density at radius 1 is 1.24 bits per heavy atom. The van der Waals surface area contributed by atoms with E-state index in [0.29, 0.717) is 12.3 Å². The van der Waals surface area contributed by atoms with Crippen molar-refractivity contribution in [3.63, 3.8) is 0 Å². The van der Waals surface area contributed by atoms with Crippen molar-refractivity contribution in [2.45, 2.75) is 26.4 Å². The lowest BCUT2D eigenvalue weighted by Crippen LogP contribution is -2.52. The lowest BCUT2D eigenvalue weighted by atomic mass is 10.1. The number of hydrogen-bond donors (Lipinski definition) is 0. The van der Waals surface area contributed by atoms with Gasteiger partial charge < -0.3 is 9.64 Å². The van der Waals surface area contributed by atoms with Gasteiger partial charge >= 0.3 is 0 Å². The smallest absolute Gasteiger partial charge is 0.264 e. The van der Waals surface area contributed by atoms with Crippen molar-refractivity contribution < 1.29 is 9.53 Å². The first kappa shape index (κ1) is 14.4. The Balaban J connectivity index is 1.54. The molecule has 2 aliphatic heterocycles. The molecule has 0 aliphatic carbocycles. The van der Waals surface area contributed by atoms with E-state index in [0.717, 1.165) is 44.0 Å². The monoisotopic (exact) mass is 288 g/mol. The lowest BCUT2D eigenvalue weighted by Gasteiger charge is -2.36. The first-order chi connectivity index (χ1) is 10.1. The van der Waals surface area contributed by atoms with Crippen LogP contribution < -0.4 is 4.74 Å². The molecule has 3 rings (SSSR count). The van der Waals surface area contributed by atoms with E-state index in [-0.39, 0.29) is 12.0 Å². The quantitative estimate of drug-likeness (QED) is 0.850. The zero-order valence-electron chi connectivity index (χ0n) is 12.9. The molecule has 0 radical (unpaired) electrons. The van der Waals surface area contributed by atoms with Gasteiger partial charge in [-0.3, -0.25) is 9.69 Å². The molecule has 114 valence electrons. The van der Waals surface area contributed by atoms with Crippen LogP contribution in [0.15, 0.2) is 24.3 Å². The summed E-state index contributed by atoms with van der Waals surface area (Å²) < 4.78 is 5.81. The summed E-state index contributed by atoms with van der Waals surface area (Å²) in [6, 6.07) is 7.95. The summed E-state index contributed by atoms with van der Waals surface area (Å²) in [7, 11) is 0. The summed E-state index contributed by atoms with van der Waals surface area (Å²) in [6.07, 6.45) is 0.389. The van der Waals surface area contributed by atoms with Crippen molar-refractivity contribution in [2.75, 3.05) is 32.7 Å². The second kappa shape index (κ2) is 6.06. The fraction of sp³-hybridized carbons (Fsp3) is 0.588. The average molecular weight is 288 g/mol. The Hall–Kier alpha value is -1.55. The van der Waals surface area contributed by atoms with Gasteiger partial charge in [0.15, 0.2) is 6.10 Å². The zero-order valence-corrected chi connectivity index (χ0v) is 12.9. The molecule has 1 aromatic carbocycles. The van der Waals surface area contributed by atoms with E-state index >= 15 is 0 Å². The first-order valence-electron chi connectivity index (χ1n) is 7.89. The van der Waals surface area contributed by atoms with Gasteiger partial charge in [-0.25, -0.2) is 0 Å². The molecule has 1 atom stereocenters. The van der Waals surface area contributed by atoms with Crippen LogP contribution in [-0.4, -0.2) is 54.5 Å². The van der Waals surface area contributed by atoms with Crippen molar-refractivity contribution in [3.05, 3.63) is 29.8 Å². The van der Waals surface area contributed by atoms with Gasteiger partial charge in [-0.15, -0.1) is 0 Å². The SMILES string of the molecule is CC(C)CN1CCN(C(=O)C2Cc3ccccc3O2)CC1. The third-order valence-corrected chi connectivity index (χ3v) is 4.23. The lowest BCUT2D eigenvalue weighted by molar-refractivity contribution is -0.139. The van der Waals surface area contributed by atoms with E-state index in [4.69, 9.17) is 4.74 Å². The van der Waals surface area contributed by atoms with Crippen LogP contribution in [0.2, 0.25) is 0 Å². The van der Waals surface area contributed by atoms with Gasteiger partial charge in [0, 0.05) is 39.1 Å². The molecule has 4 nitrogen and oxygen atoms in total. The molecular formula is C17H24N2O2. The number of fused-ring (bicyclic) bond motifs is 1. The highest BCUT2D eigenvalue weighted by atomic mass is 16.5. The van der Waals surface area contributed by atoms with E-state index in [1.54, 1.807) is 0 Å². The predicted octanol–water partition coefficient (Wildman–Crippen LogP) is 1.79. The van der Waals surface area contributed by atoms with Crippen LogP contribution in [0, 0.1) is 5.92 Å². The normalized spacial score (nSPS) is 22.2. The predicted molar refractivity (Wildman–Crippen MR) is 82.4 cm³/mol. The van der Waals surface area contributed by atoms with E-state index < -0.39 is 0 Å². The Labute approximate surface area is 126 Å². The van der Waals surface area contributed by atoms with Crippen molar-refractivity contribution in [1.82, 2.24) is 9.80 Å². The second-order valence-electron chi connectivity index (χ2n) is 6.44. The summed E-state index contributed by atoms with van der Waals surface area (Å²) in [5, 5.41) is 0. The molecule has 2 heterocycles. The number of nitrogens with zero attached hydrogens (tertiary/aromatic N) is 2. The molecule has 1 aromatic rings. The number of amides is 1. The Kier molecular flexibility index (Phi) is 4.15. The van der Waals surface area contributed by atoms with Crippen LogP contribution in [0.4, 0.5) is 0 Å². The molecular weight excluding hydrogens is 264 g/mol. The molecule has 0 bridgehead atoms. The number of benzene rings is 1. The molecule has 1 amide bonds. The average Bonchev–Trinajstić information content (AvgIpc) is 2.90. The molecule has 0 N–H and O–H groups in total.